The molecule has 0 bridgehead atoms. The van der Waals surface area contributed by atoms with Crippen molar-refractivity contribution in [1.82, 2.24) is 0 Å². The normalized spacial score (nSPS) is 39.0. The average Bonchev–Trinajstić information content (AvgIpc) is 2.45. The van der Waals surface area contributed by atoms with Gasteiger partial charge >= 0.3 is 0 Å². The summed E-state index contributed by atoms with van der Waals surface area (Å²) in [5.74, 6) is -0.0953. The van der Waals surface area contributed by atoms with Crippen LogP contribution in [-0.4, -0.2) is 33.1 Å². The standard InChI is InChI=1S/C11H22O3/c1-4-11(14,5-2)8-6-7(3)9(12)10(8)13/h7-10,12-14H,4-6H2,1-3H3/t7-,8+,9+,10-/m1/s1. The topological polar surface area (TPSA) is 60.7 Å². The molecule has 0 aromatic heterocycles. The summed E-state index contributed by atoms with van der Waals surface area (Å²) in [7, 11) is 0. The molecule has 1 rings (SSSR count). The van der Waals surface area contributed by atoms with Gasteiger partial charge in [0.15, 0.2) is 0 Å². The Labute approximate surface area is 85.8 Å². The van der Waals surface area contributed by atoms with Crippen molar-refractivity contribution in [3.8, 4) is 0 Å². The molecule has 1 saturated carbocycles. The fraction of sp³-hybridized carbons (Fsp3) is 1.00. The maximum absolute atomic E-state index is 10.3. The molecule has 1 aliphatic carbocycles. The molecule has 0 unspecified atom stereocenters. The number of hydrogen-bond acceptors (Lipinski definition) is 3. The minimum atomic E-state index is -0.814. The highest BCUT2D eigenvalue weighted by molar-refractivity contribution is 4.98. The first kappa shape index (κ1) is 12.0. The van der Waals surface area contributed by atoms with Gasteiger partial charge in [0, 0.05) is 5.92 Å². The lowest BCUT2D eigenvalue weighted by Gasteiger charge is -2.34. The summed E-state index contributed by atoms with van der Waals surface area (Å²) in [5, 5.41) is 29.7. The third-order valence-corrected chi connectivity index (χ3v) is 3.89. The lowest BCUT2D eigenvalue weighted by molar-refractivity contribution is -0.0849. The van der Waals surface area contributed by atoms with Gasteiger partial charge in [-0.2, -0.15) is 0 Å². The Morgan fingerprint density at radius 3 is 1.93 bits per heavy atom. The largest absolute Gasteiger partial charge is 0.390 e. The molecule has 0 radical (unpaired) electrons. The minimum absolute atomic E-state index is 0.0830. The second-order valence-corrected chi connectivity index (χ2v) is 4.61. The van der Waals surface area contributed by atoms with Gasteiger partial charge in [0.2, 0.25) is 0 Å². The van der Waals surface area contributed by atoms with Crippen LogP contribution in [0.25, 0.3) is 0 Å². The van der Waals surface area contributed by atoms with Crippen LogP contribution in [0.3, 0.4) is 0 Å². The average molecular weight is 202 g/mol. The summed E-state index contributed by atoms with van der Waals surface area (Å²) in [5.41, 5.74) is -0.814. The lowest BCUT2D eigenvalue weighted by atomic mass is 9.80. The number of rotatable bonds is 3. The van der Waals surface area contributed by atoms with Crippen LogP contribution in [0.15, 0.2) is 0 Å². The second-order valence-electron chi connectivity index (χ2n) is 4.61. The van der Waals surface area contributed by atoms with Crippen molar-refractivity contribution in [1.29, 1.82) is 0 Å². The van der Waals surface area contributed by atoms with Crippen molar-refractivity contribution in [2.75, 3.05) is 0 Å². The fourth-order valence-electron chi connectivity index (χ4n) is 2.57. The van der Waals surface area contributed by atoms with Gasteiger partial charge in [0.05, 0.1) is 17.8 Å². The Kier molecular flexibility index (Phi) is 3.56. The van der Waals surface area contributed by atoms with Crippen LogP contribution in [0.4, 0.5) is 0 Å². The third-order valence-electron chi connectivity index (χ3n) is 3.89. The molecular formula is C11H22O3. The van der Waals surface area contributed by atoms with E-state index in [1.165, 1.54) is 0 Å². The van der Waals surface area contributed by atoms with E-state index in [0.717, 1.165) is 0 Å². The van der Waals surface area contributed by atoms with E-state index in [1.807, 2.05) is 20.8 Å². The van der Waals surface area contributed by atoms with E-state index < -0.39 is 17.8 Å². The third kappa shape index (κ3) is 1.81. The van der Waals surface area contributed by atoms with Crippen LogP contribution >= 0.6 is 0 Å². The lowest BCUT2D eigenvalue weighted by Crippen LogP contribution is -2.43. The number of aliphatic hydroxyl groups excluding tert-OH is 2. The SMILES string of the molecule is CCC(O)(CC)[C@H]1C[C@@H](C)[C@H](O)[C@@H]1O. The van der Waals surface area contributed by atoms with Gasteiger partial charge in [-0.3, -0.25) is 0 Å². The van der Waals surface area contributed by atoms with Gasteiger partial charge in [0.25, 0.3) is 0 Å². The predicted octanol–water partition coefficient (Wildman–Crippen LogP) is 0.915. The zero-order valence-electron chi connectivity index (χ0n) is 9.27. The first-order valence-corrected chi connectivity index (χ1v) is 5.54. The van der Waals surface area contributed by atoms with E-state index in [2.05, 4.69) is 0 Å². The van der Waals surface area contributed by atoms with E-state index >= 15 is 0 Å². The molecule has 3 nitrogen and oxygen atoms in total. The number of aliphatic hydroxyl groups is 3. The molecule has 3 N–H and O–H groups in total. The van der Waals surface area contributed by atoms with E-state index in [1.54, 1.807) is 0 Å². The van der Waals surface area contributed by atoms with Crippen molar-refractivity contribution in [2.24, 2.45) is 11.8 Å². The maximum Gasteiger partial charge on any atom is 0.0857 e. The first-order valence-electron chi connectivity index (χ1n) is 5.54. The molecule has 4 atom stereocenters. The van der Waals surface area contributed by atoms with E-state index in [9.17, 15) is 15.3 Å². The van der Waals surface area contributed by atoms with E-state index in [4.69, 9.17) is 0 Å². The molecule has 0 aromatic carbocycles. The molecule has 3 heteroatoms. The van der Waals surface area contributed by atoms with Gasteiger partial charge in [0.1, 0.15) is 0 Å². The highest BCUT2D eigenvalue weighted by Crippen LogP contribution is 2.41. The Bertz CT molecular complexity index is 189. The van der Waals surface area contributed by atoms with Crippen LogP contribution in [0.2, 0.25) is 0 Å². The summed E-state index contributed by atoms with van der Waals surface area (Å²) in [4.78, 5) is 0. The van der Waals surface area contributed by atoms with Crippen molar-refractivity contribution < 1.29 is 15.3 Å². The van der Waals surface area contributed by atoms with Crippen molar-refractivity contribution in [3.05, 3.63) is 0 Å². The molecule has 0 saturated heterocycles. The summed E-state index contributed by atoms with van der Waals surface area (Å²) in [6, 6.07) is 0. The minimum Gasteiger partial charge on any atom is -0.390 e. The molecule has 14 heavy (non-hydrogen) atoms. The van der Waals surface area contributed by atoms with Crippen molar-refractivity contribution >= 4 is 0 Å². The molecule has 0 heterocycles. The van der Waals surface area contributed by atoms with E-state index in [-0.39, 0.29) is 11.8 Å². The predicted molar refractivity (Wildman–Crippen MR) is 54.8 cm³/mol. The number of hydrogen-bond donors (Lipinski definition) is 3. The molecule has 0 spiro atoms. The Balaban J connectivity index is 2.79. The smallest absolute Gasteiger partial charge is 0.0857 e. The summed E-state index contributed by atoms with van der Waals surface area (Å²) in [6.45, 7) is 5.76. The molecule has 0 aromatic rings. The zero-order chi connectivity index (χ0) is 10.9. The molecule has 1 fully saturated rings. The second kappa shape index (κ2) is 4.17. The molecule has 84 valence electrons. The summed E-state index contributed by atoms with van der Waals surface area (Å²) >= 11 is 0. The molecule has 0 aliphatic heterocycles. The van der Waals surface area contributed by atoms with Gasteiger partial charge in [-0.05, 0) is 25.2 Å². The van der Waals surface area contributed by atoms with Crippen LogP contribution < -0.4 is 0 Å². The van der Waals surface area contributed by atoms with Gasteiger partial charge in [-0.25, -0.2) is 0 Å². The molecular weight excluding hydrogens is 180 g/mol. The van der Waals surface area contributed by atoms with Gasteiger partial charge in [-0.1, -0.05) is 20.8 Å². The Morgan fingerprint density at radius 2 is 1.64 bits per heavy atom. The fourth-order valence-corrected chi connectivity index (χ4v) is 2.57. The van der Waals surface area contributed by atoms with Gasteiger partial charge < -0.3 is 15.3 Å². The van der Waals surface area contributed by atoms with Crippen molar-refractivity contribution in [3.63, 3.8) is 0 Å². The Morgan fingerprint density at radius 1 is 1.14 bits per heavy atom. The summed E-state index contributed by atoms with van der Waals surface area (Å²) in [6.07, 6.45) is 0.523. The monoisotopic (exact) mass is 202 g/mol. The van der Waals surface area contributed by atoms with Crippen LogP contribution in [0, 0.1) is 11.8 Å². The van der Waals surface area contributed by atoms with Crippen LogP contribution in [-0.2, 0) is 0 Å². The van der Waals surface area contributed by atoms with Crippen LogP contribution in [0.1, 0.15) is 40.0 Å². The van der Waals surface area contributed by atoms with Gasteiger partial charge in [-0.15, -0.1) is 0 Å². The highest BCUT2D eigenvalue weighted by Gasteiger charge is 2.48. The van der Waals surface area contributed by atoms with E-state index in [0.29, 0.717) is 19.3 Å². The molecule has 0 amide bonds. The zero-order valence-corrected chi connectivity index (χ0v) is 9.27. The Hall–Kier alpha value is -0.120. The maximum atomic E-state index is 10.3. The highest BCUT2D eigenvalue weighted by atomic mass is 16.3. The quantitative estimate of drug-likeness (QED) is 0.637. The molecule has 1 aliphatic rings. The van der Waals surface area contributed by atoms with Crippen molar-refractivity contribution in [2.45, 2.75) is 57.8 Å². The van der Waals surface area contributed by atoms with Crippen LogP contribution in [0.5, 0.6) is 0 Å². The first-order chi connectivity index (χ1) is 6.46. The summed E-state index contributed by atoms with van der Waals surface area (Å²) < 4.78 is 0.